The SMILES string of the molecule is CCNC1CCOCC1.Cc1ccc(N)cc1. The lowest BCUT2D eigenvalue weighted by Gasteiger charge is -2.22. The predicted octanol–water partition coefficient (Wildman–Crippen LogP) is 2.35. The van der Waals surface area contributed by atoms with Gasteiger partial charge in [-0.25, -0.2) is 0 Å². The first kappa shape index (κ1) is 14.0. The van der Waals surface area contributed by atoms with Gasteiger partial charge in [-0.2, -0.15) is 0 Å². The van der Waals surface area contributed by atoms with Crippen LogP contribution in [-0.4, -0.2) is 25.8 Å². The Morgan fingerprint density at radius 2 is 1.82 bits per heavy atom. The van der Waals surface area contributed by atoms with E-state index in [1.807, 2.05) is 31.2 Å². The maximum Gasteiger partial charge on any atom is 0.0480 e. The van der Waals surface area contributed by atoms with Gasteiger partial charge in [-0.15, -0.1) is 0 Å². The number of hydrogen-bond donors (Lipinski definition) is 2. The quantitative estimate of drug-likeness (QED) is 0.775. The van der Waals surface area contributed by atoms with Crippen LogP contribution >= 0.6 is 0 Å². The molecule has 0 amide bonds. The van der Waals surface area contributed by atoms with E-state index in [0.29, 0.717) is 0 Å². The second-order valence-electron chi connectivity index (χ2n) is 4.36. The van der Waals surface area contributed by atoms with Gasteiger partial charge in [0, 0.05) is 24.9 Å². The number of nitrogens with one attached hydrogen (secondary N) is 1. The van der Waals surface area contributed by atoms with E-state index in [-0.39, 0.29) is 0 Å². The van der Waals surface area contributed by atoms with Gasteiger partial charge in [-0.1, -0.05) is 24.6 Å². The molecule has 17 heavy (non-hydrogen) atoms. The first-order valence-corrected chi connectivity index (χ1v) is 6.35. The molecule has 3 N–H and O–H groups in total. The minimum absolute atomic E-state index is 0.726. The maximum absolute atomic E-state index is 5.43. The van der Waals surface area contributed by atoms with Gasteiger partial charge in [0.2, 0.25) is 0 Å². The summed E-state index contributed by atoms with van der Waals surface area (Å²) in [6.45, 7) is 7.16. The molecule has 1 aliphatic heterocycles. The second-order valence-corrected chi connectivity index (χ2v) is 4.36. The molecule has 3 nitrogen and oxygen atoms in total. The molecule has 1 fully saturated rings. The van der Waals surface area contributed by atoms with Gasteiger partial charge in [0.1, 0.15) is 0 Å². The molecule has 0 aliphatic carbocycles. The number of rotatable bonds is 2. The highest BCUT2D eigenvalue weighted by Crippen LogP contribution is 2.05. The van der Waals surface area contributed by atoms with Crippen molar-refractivity contribution < 1.29 is 4.74 Å². The van der Waals surface area contributed by atoms with Crippen molar-refractivity contribution in [3.63, 3.8) is 0 Å². The fourth-order valence-electron chi connectivity index (χ4n) is 1.76. The third-order valence-corrected chi connectivity index (χ3v) is 2.79. The largest absolute Gasteiger partial charge is 0.399 e. The topological polar surface area (TPSA) is 47.3 Å². The number of anilines is 1. The Kier molecular flexibility index (Phi) is 6.67. The molecule has 1 aromatic rings. The van der Waals surface area contributed by atoms with Crippen LogP contribution in [0.4, 0.5) is 5.69 Å². The van der Waals surface area contributed by atoms with Gasteiger partial charge in [-0.3, -0.25) is 0 Å². The van der Waals surface area contributed by atoms with Crippen LogP contribution in [0.1, 0.15) is 25.3 Å². The third-order valence-electron chi connectivity index (χ3n) is 2.79. The third kappa shape index (κ3) is 6.29. The summed E-state index contributed by atoms with van der Waals surface area (Å²) < 4.78 is 5.21. The number of nitrogen functional groups attached to an aromatic ring is 1. The molecule has 0 atom stereocenters. The highest BCUT2D eigenvalue weighted by molar-refractivity contribution is 5.38. The van der Waals surface area contributed by atoms with Gasteiger partial charge in [0.05, 0.1) is 0 Å². The molecule has 1 heterocycles. The first-order chi connectivity index (χ1) is 8.22. The predicted molar refractivity (Wildman–Crippen MR) is 73.1 cm³/mol. The second kappa shape index (κ2) is 8.09. The van der Waals surface area contributed by atoms with Crippen LogP contribution in [0, 0.1) is 6.92 Å². The van der Waals surface area contributed by atoms with E-state index in [4.69, 9.17) is 10.5 Å². The van der Waals surface area contributed by atoms with Crippen LogP contribution in [0.25, 0.3) is 0 Å². The van der Waals surface area contributed by atoms with Crippen LogP contribution in [0.5, 0.6) is 0 Å². The van der Waals surface area contributed by atoms with Crippen molar-refractivity contribution in [1.82, 2.24) is 5.32 Å². The van der Waals surface area contributed by atoms with Crippen LogP contribution < -0.4 is 11.1 Å². The zero-order valence-electron chi connectivity index (χ0n) is 10.9. The summed E-state index contributed by atoms with van der Waals surface area (Å²) in [5, 5.41) is 3.40. The summed E-state index contributed by atoms with van der Waals surface area (Å²) in [6, 6.07) is 8.51. The van der Waals surface area contributed by atoms with E-state index in [9.17, 15) is 0 Å². The summed E-state index contributed by atoms with van der Waals surface area (Å²) >= 11 is 0. The minimum atomic E-state index is 0.726. The van der Waals surface area contributed by atoms with Crippen LogP contribution in [0.15, 0.2) is 24.3 Å². The summed E-state index contributed by atoms with van der Waals surface area (Å²) in [4.78, 5) is 0. The number of nitrogens with two attached hydrogens (primary N) is 1. The highest BCUT2D eigenvalue weighted by atomic mass is 16.5. The molecule has 0 radical (unpaired) electrons. The monoisotopic (exact) mass is 236 g/mol. The lowest BCUT2D eigenvalue weighted by Crippen LogP contribution is -2.34. The highest BCUT2D eigenvalue weighted by Gasteiger charge is 2.10. The Bertz CT molecular complexity index is 268. The molecule has 1 aromatic carbocycles. The molecule has 0 spiro atoms. The van der Waals surface area contributed by atoms with Gasteiger partial charge >= 0.3 is 0 Å². The van der Waals surface area contributed by atoms with Crippen molar-refractivity contribution in [2.75, 3.05) is 25.5 Å². The normalized spacial score (nSPS) is 16.1. The summed E-state index contributed by atoms with van der Waals surface area (Å²) in [5.74, 6) is 0. The average Bonchev–Trinajstić information content (AvgIpc) is 2.36. The zero-order valence-corrected chi connectivity index (χ0v) is 10.9. The molecule has 0 bridgehead atoms. The molecule has 3 heteroatoms. The van der Waals surface area contributed by atoms with Crippen LogP contribution in [-0.2, 0) is 4.74 Å². The zero-order chi connectivity index (χ0) is 12.5. The Balaban J connectivity index is 0.000000171. The molecule has 1 aliphatic rings. The average molecular weight is 236 g/mol. The molecule has 0 unspecified atom stereocenters. The fourth-order valence-corrected chi connectivity index (χ4v) is 1.76. The number of benzene rings is 1. The van der Waals surface area contributed by atoms with Gasteiger partial charge in [0.15, 0.2) is 0 Å². The lowest BCUT2D eigenvalue weighted by molar-refractivity contribution is 0.0785. The van der Waals surface area contributed by atoms with Crippen LogP contribution in [0.3, 0.4) is 0 Å². The smallest absolute Gasteiger partial charge is 0.0480 e. The molecule has 0 saturated carbocycles. The minimum Gasteiger partial charge on any atom is -0.399 e. The van der Waals surface area contributed by atoms with Gasteiger partial charge in [0.25, 0.3) is 0 Å². The molecule has 96 valence electrons. The fraction of sp³-hybridized carbons (Fsp3) is 0.571. The molecule has 2 rings (SSSR count). The maximum atomic E-state index is 5.43. The molecule has 1 saturated heterocycles. The van der Waals surface area contributed by atoms with Crippen molar-refractivity contribution >= 4 is 5.69 Å². The van der Waals surface area contributed by atoms with Crippen molar-refractivity contribution in [2.24, 2.45) is 0 Å². The Hall–Kier alpha value is -1.06. The first-order valence-electron chi connectivity index (χ1n) is 6.35. The van der Waals surface area contributed by atoms with E-state index in [2.05, 4.69) is 12.2 Å². The van der Waals surface area contributed by atoms with E-state index in [1.54, 1.807) is 0 Å². The number of aryl methyl sites for hydroxylation is 1. The van der Waals surface area contributed by atoms with E-state index < -0.39 is 0 Å². The van der Waals surface area contributed by atoms with E-state index >= 15 is 0 Å². The number of ether oxygens (including phenoxy) is 1. The summed E-state index contributed by atoms with van der Waals surface area (Å²) in [7, 11) is 0. The van der Waals surface area contributed by atoms with Crippen molar-refractivity contribution in [1.29, 1.82) is 0 Å². The van der Waals surface area contributed by atoms with Crippen molar-refractivity contribution in [2.45, 2.75) is 32.7 Å². The van der Waals surface area contributed by atoms with Gasteiger partial charge < -0.3 is 15.8 Å². The Morgan fingerprint density at radius 1 is 1.24 bits per heavy atom. The van der Waals surface area contributed by atoms with Gasteiger partial charge in [-0.05, 0) is 38.4 Å². The summed E-state index contributed by atoms with van der Waals surface area (Å²) in [5.41, 5.74) is 7.51. The molecular formula is C14H24N2O. The summed E-state index contributed by atoms with van der Waals surface area (Å²) in [6.07, 6.45) is 2.38. The Morgan fingerprint density at radius 3 is 2.29 bits per heavy atom. The van der Waals surface area contributed by atoms with Crippen molar-refractivity contribution in [3.05, 3.63) is 29.8 Å². The molecule has 0 aromatic heterocycles. The van der Waals surface area contributed by atoms with Crippen LogP contribution in [0.2, 0.25) is 0 Å². The van der Waals surface area contributed by atoms with E-state index in [1.165, 1.54) is 18.4 Å². The van der Waals surface area contributed by atoms with Crippen molar-refractivity contribution in [3.8, 4) is 0 Å². The molecular weight excluding hydrogens is 212 g/mol. The standard InChI is InChI=1S/C7H15NO.C7H9N/c1-2-8-7-3-5-9-6-4-7;1-6-2-4-7(8)5-3-6/h7-8H,2-6H2,1H3;2-5H,8H2,1H3. The number of hydrogen-bond acceptors (Lipinski definition) is 3. The Labute approximate surface area is 104 Å². The van der Waals surface area contributed by atoms with E-state index in [0.717, 1.165) is 31.5 Å². The lowest BCUT2D eigenvalue weighted by atomic mass is 10.1.